The number of nitrogens with zero attached hydrogens (tertiary/aromatic N) is 4. The summed E-state index contributed by atoms with van der Waals surface area (Å²) < 4.78 is 9.57. The Bertz CT molecular complexity index is 585. The minimum absolute atomic E-state index is 0.257. The van der Waals surface area contributed by atoms with E-state index in [-0.39, 0.29) is 5.60 Å². The van der Waals surface area contributed by atoms with Gasteiger partial charge in [-0.15, -0.1) is 11.6 Å². The summed E-state index contributed by atoms with van der Waals surface area (Å²) in [5, 5.41) is 4.43. The van der Waals surface area contributed by atoms with E-state index in [1.165, 1.54) is 0 Å². The largest absolute Gasteiger partial charge is 0.377 e. The SMILES string of the molecule is COC(C)(C)Cn1c(CCCl)nc2c(C)nn(C)c21. The van der Waals surface area contributed by atoms with Crippen LogP contribution in [0.5, 0.6) is 0 Å². The van der Waals surface area contributed by atoms with Crippen molar-refractivity contribution in [1.82, 2.24) is 19.3 Å². The maximum Gasteiger partial charge on any atom is 0.158 e. The molecule has 2 rings (SSSR count). The van der Waals surface area contributed by atoms with E-state index >= 15 is 0 Å². The first kappa shape index (κ1) is 14.3. The normalized spacial score (nSPS) is 12.5. The molecule has 0 amide bonds. The Morgan fingerprint density at radius 1 is 1.37 bits per heavy atom. The van der Waals surface area contributed by atoms with Crippen molar-refractivity contribution >= 4 is 22.8 Å². The molecule has 0 atom stereocenters. The minimum Gasteiger partial charge on any atom is -0.377 e. The van der Waals surface area contributed by atoms with Gasteiger partial charge in [0.25, 0.3) is 0 Å². The summed E-state index contributed by atoms with van der Waals surface area (Å²) >= 11 is 5.88. The Morgan fingerprint density at radius 3 is 2.63 bits per heavy atom. The van der Waals surface area contributed by atoms with Crippen molar-refractivity contribution in [2.45, 2.75) is 39.3 Å². The molecule has 5 nitrogen and oxygen atoms in total. The van der Waals surface area contributed by atoms with E-state index in [0.717, 1.165) is 35.6 Å². The van der Waals surface area contributed by atoms with Crippen LogP contribution in [0.3, 0.4) is 0 Å². The van der Waals surface area contributed by atoms with Crippen molar-refractivity contribution < 1.29 is 4.74 Å². The molecule has 0 spiro atoms. The summed E-state index contributed by atoms with van der Waals surface area (Å²) in [7, 11) is 3.67. The molecule has 0 saturated carbocycles. The molecule has 106 valence electrons. The molecule has 19 heavy (non-hydrogen) atoms. The molecule has 0 saturated heterocycles. The monoisotopic (exact) mass is 284 g/mol. The maximum atomic E-state index is 5.88. The van der Waals surface area contributed by atoms with Crippen LogP contribution < -0.4 is 0 Å². The van der Waals surface area contributed by atoms with Gasteiger partial charge in [0, 0.05) is 26.5 Å². The average Bonchev–Trinajstić information content (AvgIpc) is 2.81. The number of ether oxygens (including phenoxy) is 1. The van der Waals surface area contributed by atoms with E-state index in [0.29, 0.717) is 5.88 Å². The van der Waals surface area contributed by atoms with Gasteiger partial charge < -0.3 is 9.30 Å². The first-order valence-electron chi connectivity index (χ1n) is 6.39. The van der Waals surface area contributed by atoms with Gasteiger partial charge in [0.2, 0.25) is 0 Å². The van der Waals surface area contributed by atoms with E-state index in [9.17, 15) is 0 Å². The number of alkyl halides is 1. The van der Waals surface area contributed by atoms with Gasteiger partial charge in [-0.1, -0.05) is 0 Å². The Hall–Kier alpha value is -1.07. The molecule has 2 aromatic rings. The van der Waals surface area contributed by atoms with Crippen molar-refractivity contribution in [2.24, 2.45) is 7.05 Å². The summed E-state index contributed by atoms with van der Waals surface area (Å²) in [6.07, 6.45) is 0.746. The molecule has 2 aromatic heterocycles. The predicted molar refractivity (Wildman–Crippen MR) is 76.7 cm³/mol. The number of imidazole rings is 1. The van der Waals surface area contributed by atoms with Crippen LogP contribution in [-0.4, -0.2) is 37.9 Å². The van der Waals surface area contributed by atoms with Gasteiger partial charge in [-0.25, -0.2) is 4.98 Å². The Labute approximate surface area is 118 Å². The fourth-order valence-corrected chi connectivity index (χ4v) is 2.44. The van der Waals surface area contributed by atoms with Gasteiger partial charge >= 0.3 is 0 Å². The lowest BCUT2D eigenvalue weighted by molar-refractivity contribution is 0.00824. The summed E-state index contributed by atoms with van der Waals surface area (Å²) in [6, 6.07) is 0. The first-order chi connectivity index (χ1) is 8.89. The van der Waals surface area contributed by atoms with Gasteiger partial charge in [0.05, 0.1) is 17.8 Å². The second-order valence-corrected chi connectivity index (χ2v) is 5.78. The molecular weight excluding hydrogens is 264 g/mol. The zero-order chi connectivity index (χ0) is 14.2. The molecule has 2 heterocycles. The van der Waals surface area contributed by atoms with Gasteiger partial charge in [0.15, 0.2) is 5.65 Å². The second kappa shape index (κ2) is 5.13. The van der Waals surface area contributed by atoms with Gasteiger partial charge in [0.1, 0.15) is 11.3 Å². The fourth-order valence-electron chi connectivity index (χ4n) is 2.27. The Morgan fingerprint density at radius 2 is 2.05 bits per heavy atom. The molecule has 0 aromatic carbocycles. The molecule has 6 heteroatoms. The number of hydrogen-bond acceptors (Lipinski definition) is 3. The number of aryl methyl sites for hydroxylation is 3. The molecule has 0 radical (unpaired) electrons. The highest BCUT2D eigenvalue weighted by Crippen LogP contribution is 2.23. The highest BCUT2D eigenvalue weighted by Gasteiger charge is 2.23. The highest BCUT2D eigenvalue weighted by atomic mass is 35.5. The van der Waals surface area contributed by atoms with Crippen LogP contribution >= 0.6 is 11.6 Å². The Kier molecular flexibility index (Phi) is 3.87. The summed E-state index contributed by atoms with van der Waals surface area (Å²) in [5.74, 6) is 1.55. The number of fused-ring (bicyclic) bond motifs is 1. The highest BCUT2D eigenvalue weighted by molar-refractivity contribution is 6.17. The third-order valence-electron chi connectivity index (χ3n) is 3.38. The van der Waals surface area contributed by atoms with Crippen molar-refractivity contribution in [3.05, 3.63) is 11.5 Å². The summed E-state index contributed by atoms with van der Waals surface area (Å²) in [6.45, 7) is 6.83. The Balaban J connectivity index is 2.57. The van der Waals surface area contributed by atoms with Crippen LogP contribution in [0.25, 0.3) is 11.2 Å². The van der Waals surface area contributed by atoms with Crippen molar-refractivity contribution in [1.29, 1.82) is 0 Å². The van der Waals surface area contributed by atoms with Crippen LogP contribution in [0.15, 0.2) is 0 Å². The molecule has 0 bridgehead atoms. The lowest BCUT2D eigenvalue weighted by Crippen LogP contribution is -2.30. The van der Waals surface area contributed by atoms with Crippen molar-refractivity contribution in [3.63, 3.8) is 0 Å². The molecule has 0 N–H and O–H groups in total. The third-order valence-corrected chi connectivity index (χ3v) is 3.57. The maximum absolute atomic E-state index is 5.88. The van der Waals surface area contributed by atoms with Gasteiger partial charge in [-0.3, -0.25) is 4.68 Å². The summed E-state index contributed by atoms with van der Waals surface area (Å²) in [5.41, 5.74) is 2.67. The number of hydrogen-bond donors (Lipinski definition) is 0. The van der Waals surface area contributed by atoms with Crippen LogP contribution in [0.2, 0.25) is 0 Å². The van der Waals surface area contributed by atoms with E-state index in [4.69, 9.17) is 16.3 Å². The van der Waals surface area contributed by atoms with Gasteiger partial charge in [-0.2, -0.15) is 5.10 Å². The lowest BCUT2D eigenvalue weighted by Gasteiger charge is -2.24. The minimum atomic E-state index is -0.257. The molecule has 0 fully saturated rings. The van der Waals surface area contributed by atoms with Crippen molar-refractivity contribution in [2.75, 3.05) is 13.0 Å². The quantitative estimate of drug-likeness (QED) is 0.791. The van der Waals surface area contributed by atoms with E-state index in [1.54, 1.807) is 7.11 Å². The van der Waals surface area contributed by atoms with Crippen LogP contribution in [0.1, 0.15) is 25.4 Å². The van der Waals surface area contributed by atoms with Crippen LogP contribution in [-0.2, 0) is 24.8 Å². The van der Waals surface area contributed by atoms with Crippen molar-refractivity contribution in [3.8, 4) is 0 Å². The first-order valence-corrected chi connectivity index (χ1v) is 6.93. The van der Waals surface area contributed by atoms with E-state index in [2.05, 4.69) is 28.5 Å². The molecule has 0 aliphatic heterocycles. The number of methoxy groups -OCH3 is 1. The molecule has 0 aliphatic carbocycles. The zero-order valence-electron chi connectivity index (χ0n) is 12.2. The number of halogens is 1. The number of rotatable bonds is 5. The lowest BCUT2D eigenvalue weighted by atomic mass is 10.1. The molecule has 0 aliphatic rings. The standard InChI is InChI=1S/C13H21ClN4O/c1-9-11-12(17(4)16-9)18(8-13(2,3)19-5)10(15-11)6-7-14/h6-8H2,1-5H3. The zero-order valence-corrected chi connectivity index (χ0v) is 13.0. The molecular formula is C13H21ClN4O. The molecule has 0 unspecified atom stereocenters. The third kappa shape index (κ3) is 2.62. The average molecular weight is 285 g/mol. The van der Waals surface area contributed by atoms with E-state index in [1.807, 2.05) is 18.7 Å². The topological polar surface area (TPSA) is 44.9 Å². The number of aromatic nitrogens is 4. The summed E-state index contributed by atoms with van der Waals surface area (Å²) in [4.78, 5) is 4.68. The van der Waals surface area contributed by atoms with Crippen LogP contribution in [0, 0.1) is 6.92 Å². The van der Waals surface area contributed by atoms with E-state index < -0.39 is 0 Å². The predicted octanol–water partition coefficient (Wildman–Crippen LogP) is 2.28. The second-order valence-electron chi connectivity index (χ2n) is 5.40. The van der Waals surface area contributed by atoms with Gasteiger partial charge in [-0.05, 0) is 20.8 Å². The fraction of sp³-hybridized carbons (Fsp3) is 0.692. The smallest absolute Gasteiger partial charge is 0.158 e. The van der Waals surface area contributed by atoms with Crippen LogP contribution in [0.4, 0.5) is 0 Å².